The zero-order valence-corrected chi connectivity index (χ0v) is 12.1. The Hall–Kier alpha value is -1.14. The predicted octanol–water partition coefficient (Wildman–Crippen LogP) is 2.61. The number of aliphatic hydroxyl groups is 1. The molecule has 1 aromatic heterocycles. The summed E-state index contributed by atoms with van der Waals surface area (Å²) in [5.74, 6) is 0. The average molecular weight is 314 g/mol. The SMILES string of the molecule is OC1CCC(Cn2cncn2)(c2ccc(Cl)cc2Cl)O1. The van der Waals surface area contributed by atoms with Gasteiger partial charge in [0.1, 0.15) is 18.3 Å². The molecule has 7 heteroatoms. The van der Waals surface area contributed by atoms with Gasteiger partial charge in [-0.05, 0) is 18.6 Å². The minimum atomic E-state index is -0.801. The van der Waals surface area contributed by atoms with Crippen LogP contribution in [-0.2, 0) is 16.9 Å². The molecule has 1 fully saturated rings. The van der Waals surface area contributed by atoms with Gasteiger partial charge in [-0.3, -0.25) is 0 Å². The van der Waals surface area contributed by atoms with Crippen LogP contribution in [0.5, 0.6) is 0 Å². The number of hydrogen-bond donors (Lipinski definition) is 1. The molecule has 20 heavy (non-hydrogen) atoms. The molecule has 0 bridgehead atoms. The second-order valence-corrected chi connectivity index (χ2v) is 5.67. The molecule has 0 spiro atoms. The van der Waals surface area contributed by atoms with Gasteiger partial charge in [0.05, 0.1) is 6.54 Å². The monoisotopic (exact) mass is 313 g/mol. The van der Waals surface area contributed by atoms with Gasteiger partial charge in [0.25, 0.3) is 0 Å². The van der Waals surface area contributed by atoms with Crippen LogP contribution in [0, 0.1) is 0 Å². The molecule has 0 saturated carbocycles. The Morgan fingerprint density at radius 3 is 2.90 bits per heavy atom. The molecule has 1 aliphatic rings. The van der Waals surface area contributed by atoms with E-state index in [0.717, 1.165) is 5.56 Å². The Bertz CT molecular complexity index is 606. The Morgan fingerprint density at radius 1 is 1.45 bits per heavy atom. The molecule has 1 saturated heterocycles. The van der Waals surface area contributed by atoms with E-state index in [1.165, 1.54) is 6.33 Å². The predicted molar refractivity (Wildman–Crippen MR) is 74.5 cm³/mol. The third kappa shape index (κ3) is 2.54. The lowest BCUT2D eigenvalue weighted by Gasteiger charge is -2.30. The summed E-state index contributed by atoms with van der Waals surface area (Å²) in [5.41, 5.74) is 0.0880. The number of halogens is 2. The molecule has 1 N–H and O–H groups in total. The fourth-order valence-electron chi connectivity index (χ4n) is 2.57. The van der Waals surface area contributed by atoms with Crippen molar-refractivity contribution < 1.29 is 9.84 Å². The van der Waals surface area contributed by atoms with E-state index in [1.54, 1.807) is 23.1 Å². The third-order valence-electron chi connectivity index (χ3n) is 3.46. The first kappa shape index (κ1) is 13.8. The summed E-state index contributed by atoms with van der Waals surface area (Å²) < 4.78 is 7.44. The summed E-state index contributed by atoms with van der Waals surface area (Å²) in [5, 5.41) is 14.9. The fourth-order valence-corrected chi connectivity index (χ4v) is 3.15. The van der Waals surface area contributed by atoms with Gasteiger partial charge in [-0.2, -0.15) is 5.10 Å². The van der Waals surface area contributed by atoms with Crippen LogP contribution < -0.4 is 0 Å². The summed E-state index contributed by atoms with van der Waals surface area (Å²) in [6.07, 6.45) is 3.47. The number of aromatic nitrogens is 3. The number of benzene rings is 1. The van der Waals surface area contributed by atoms with Crippen molar-refractivity contribution in [3.05, 3.63) is 46.5 Å². The molecule has 106 valence electrons. The summed E-state index contributed by atoms with van der Waals surface area (Å²) in [7, 11) is 0. The molecule has 1 aliphatic heterocycles. The molecule has 0 radical (unpaired) electrons. The number of rotatable bonds is 3. The van der Waals surface area contributed by atoms with E-state index in [9.17, 15) is 5.11 Å². The van der Waals surface area contributed by atoms with Crippen LogP contribution in [0.15, 0.2) is 30.9 Å². The third-order valence-corrected chi connectivity index (χ3v) is 4.01. The molecule has 5 nitrogen and oxygen atoms in total. The highest BCUT2D eigenvalue weighted by Crippen LogP contribution is 2.43. The van der Waals surface area contributed by atoms with E-state index >= 15 is 0 Å². The van der Waals surface area contributed by atoms with Crippen LogP contribution in [0.25, 0.3) is 0 Å². The van der Waals surface area contributed by atoms with Crippen LogP contribution in [0.1, 0.15) is 18.4 Å². The molecule has 2 heterocycles. The fraction of sp³-hybridized carbons (Fsp3) is 0.385. The van der Waals surface area contributed by atoms with Crippen LogP contribution in [0.3, 0.4) is 0 Å². The molecule has 2 atom stereocenters. The Labute approximate surface area is 126 Å². The largest absolute Gasteiger partial charge is 0.368 e. The van der Waals surface area contributed by atoms with Gasteiger partial charge in [-0.15, -0.1) is 0 Å². The average Bonchev–Trinajstić information content (AvgIpc) is 3.00. The normalized spacial score (nSPS) is 26.1. The zero-order valence-electron chi connectivity index (χ0n) is 10.5. The highest BCUT2D eigenvalue weighted by molar-refractivity contribution is 6.35. The van der Waals surface area contributed by atoms with Crippen molar-refractivity contribution in [3.8, 4) is 0 Å². The molecule has 2 unspecified atom stereocenters. The van der Waals surface area contributed by atoms with Crippen molar-refractivity contribution in [2.45, 2.75) is 31.3 Å². The maximum absolute atomic E-state index is 9.76. The van der Waals surface area contributed by atoms with Crippen molar-refractivity contribution in [1.82, 2.24) is 14.8 Å². The highest BCUT2D eigenvalue weighted by Gasteiger charge is 2.43. The van der Waals surface area contributed by atoms with Crippen molar-refractivity contribution in [2.24, 2.45) is 0 Å². The van der Waals surface area contributed by atoms with E-state index < -0.39 is 11.9 Å². The quantitative estimate of drug-likeness (QED) is 0.946. The topological polar surface area (TPSA) is 60.2 Å². The number of ether oxygens (including phenoxy) is 1. The minimum Gasteiger partial charge on any atom is -0.368 e. The highest BCUT2D eigenvalue weighted by atomic mass is 35.5. The van der Waals surface area contributed by atoms with Crippen molar-refractivity contribution in [2.75, 3.05) is 0 Å². The van der Waals surface area contributed by atoms with E-state index in [-0.39, 0.29) is 0 Å². The lowest BCUT2D eigenvalue weighted by Crippen LogP contribution is -2.32. The van der Waals surface area contributed by atoms with Gasteiger partial charge in [0, 0.05) is 22.0 Å². The Kier molecular flexibility index (Phi) is 3.69. The van der Waals surface area contributed by atoms with Crippen molar-refractivity contribution in [3.63, 3.8) is 0 Å². The van der Waals surface area contributed by atoms with Gasteiger partial charge in [0.15, 0.2) is 6.29 Å². The lowest BCUT2D eigenvalue weighted by atomic mass is 9.90. The van der Waals surface area contributed by atoms with Crippen molar-refractivity contribution >= 4 is 23.2 Å². The summed E-state index contributed by atoms with van der Waals surface area (Å²) in [4.78, 5) is 3.92. The zero-order chi connectivity index (χ0) is 14.2. The number of hydrogen-bond acceptors (Lipinski definition) is 4. The van der Waals surface area contributed by atoms with E-state index in [2.05, 4.69) is 10.1 Å². The number of aliphatic hydroxyl groups excluding tert-OH is 1. The van der Waals surface area contributed by atoms with Gasteiger partial charge in [-0.25, -0.2) is 9.67 Å². The van der Waals surface area contributed by atoms with Gasteiger partial charge < -0.3 is 9.84 Å². The van der Waals surface area contributed by atoms with Crippen LogP contribution in [-0.4, -0.2) is 26.2 Å². The summed E-state index contributed by atoms with van der Waals surface area (Å²) in [6, 6.07) is 5.27. The molecule has 1 aromatic carbocycles. The second kappa shape index (κ2) is 5.33. The minimum absolute atomic E-state index is 0.436. The molecule has 0 aliphatic carbocycles. The van der Waals surface area contributed by atoms with Gasteiger partial charge in [-0.1, -0.05) is 29.3 Å². The summed E-state index contributed by atoms with van der Waals surface area (Å²) in [6.45, 7) is 0.436. The molecular weight excluding hydrogens is 301 g/mol. The van der Waals surface area contributed by atoms with Crippen LogP contribution in [0.4, 0.5) is 0 Å². The maximum atomic E-state index is 9.76. The summed E-state index contributed by atoms with van der Waals surface area (Å²) >= 11 is 12.2. The second-order valence-electron chi connectivity index (χ2n) is 4.82. The van der Waals surface area contributed by atoms with Crippen LogP contribution in [0.2, 0.25) is 10.0 Å². The van der Waals surface area contributed by atoms with E-state index in [1.807, 2.05) is 6.07 Å². The van der Waals surface area contributed by atoms with E-state index in [4.69, 9.17) is 27.9 Å². The molecule has 3 rings (SSSR count). The first-order valence-corrected chi connectivity index (χ1v) is 6.98. The van der Waals surface area contributed by atoms with Gasteiger partial charge >= 0.3 is 0 Å². The Balaban J connectivity index is 2.01. The molecule has 2 aromatic rings. The Morgan fingerprint density at radius 2 is 2.30 bits per heavy atom. The van der Waals surface area contributed by atoms with Crippen LogP contribution >= 0.6 is 23.2 Å². The smallest absolute Gasteiger partial charge is 0.155 e. The standard InChI is InChI=1S/C13H13Cl2N3O2/c14-9-1-2-10(11(15)5-9)13(4-3-12(19)20-13)6-18-8-16-7-17-18/h1-2,5,7-8,12,19H,3-4,6H2. The first-order valence-electron chi connectivity index (χ1n) is 6.23. The molecular formula is C13H13Cl2N3O2. The number of nitrogens with zero attached hydrogens (tertiary/aromatic N) is 3. The molecule has 0 amide bonds. The van der Waals surface area contributed by atoms with Gasteiger partial charge in [0.2, 0.25) is 0 Å². The lowest BCUT2D eigenvalue weighted by molar-refractivity contribution is -0.148. The maximum Gasteiger partial charge on any atom is 0.155 e. The van der Waals surface area contributed by atoms with Crippen molar-refractivity contribution in [1.29, 1.82) is 0 Å². The van der Waals surface area contributed by atoms with E-state index in [0.29, 0.717) is 29.4 Å². The first-order chi connectivity index (χ1) is 9.59.